The van der Waals surface area contributed by atoms with Crippen LogP contribution in [0.3, 0.4) is 0 Å². The van der Waals surface area contributed by atoms with Crippen LogP contribution in [0.2, 0.25) is 0 Å². The van der Waals surface area contributed by atoms with E-state index in [1.807, 2.05) is 16.9 Å². The molecule has 1 aromatic rings. The van der Waals surface area contributed by atoms with Crippen molar-refractivity contribution in [3.05, 3.63) is 18.0 Å². The third-order valence-corrected chi connectivity index (χ3v) is 6.28. The Balaban J connectivity index is 1.36. The highest BCUT2D eigenvalue weighted by molar-refractivity contribution is 5.92. The van der Waals surface area contributed by atoms with Crippen LogP contribution in [0.1, 0.15) is 62.0 Å². The van der Waals surface area contributed by atoms with E-state index in [2.05, 4.69) is 22.7 Å². The first-order valence-electron chi connectivity index (χ1n) is 9.27. The summed E-state index contributed by atoms with van der Waals surface area (Å²) in [6, 6.07) is 2.50. The number of rotatable bonds is 4. The Morgan fingerprint density at radius 3 is 3.00 bits per heavy atom. The molecule has 2 heterocycles. The summed E-state index contributed by atoms with van der Waals surface area (Å²) in [6.07, 6.45) is 9.71. The van der Waals surface area contributed by atoms with Gasteiger partial charge >= 0.3 is 0 Å². The summed E-state index contributed by atoms with van der Waals surface area (Å²) in [4.78, 5) is 12.5. The van der Waals surface area contributed by atoms with E-state index < -0.39 is 0 Å². The highest BCUT2D eigenvalue weighted by atomic mass is 16.2. The predicted molar refractivity (Wildman–Crippen MR) is 89.2 cm³/mol. The van der Waals surface area contributed by atoms with Crippen LogP contribution < -0.4 is 10.6 Å². The minimum absolute atomic E-state index is 0.0113. The Labute approximate surface area is 138 Å². The first-order valence-corrected chi connectivity index (χ1v) is 9.27. The number of fused-ring (bicyclic) bond motifs is 2. The maximum absolute atomic E-state index is 12.5. The van der Waals surface area contributed by atoms with Crippen molar-refractivity contribution in [2.45, 2.75) is 57.5 Å². The molecule has 4 rings (SSSR count). The quantitative estimate of drug-likeness (QED) is 0.896. The van der Waals surface area contributed by atoms with Gasteiger partial charge in [0.15, 0.2) is 0 Å². The van der Waals surface area contributed by atoms with Gasteiger partial charge in [-0.3, -0.25) is 9.48 Å². The van der Waals surface area contributed by atoms with Gasteiger partial charge in [0.25, 0.3) is 5.91 Å². The SMILES string of the molecule is CC(NC(=O)c1ccn(C2CCCNC2)n1)C1CC2CCC1C2. The molecule has 2 aliphatic carbocycles. The molecule has 1 aromatic heterocycles. The van der Waals surface area contributed by atoms with Gasteiger partial charge in [0.2, 0.25) is 0 Å². The Morgan fingerprint density at radius 2 is 2.30 bits per heavy atom. The second kappa shape index (κ2) is 6.27. The number of carbonyl (C=O) groups is 1. The van der Waals surface area contributed by atoms with E-state index >= 15 is 0 Å². The highest BCUT2D eigenvalue weighted by Gasteiger charge is 2.42. The smallest absolute Gasteiger partial charge is 0.271 e. The summed E-state index contributed by atoms with van der Waals surface area (Å²) >= 11 is 0. The fourth-order valence-electron chi connectivity index (χ4n) is 5.02. The van der Waals surface area contributed by atoms with Gasteiger partial charge < -0.3 is 10.6 Å². The van der Waals surface area contributed by atoms with Crippen LogP contribution in [0.4, 0.5) is 0 Å². The molecule has 5 unspecified atom stereocenters. The zero-order valence-electron chi connectivity index (χ0n) is 14.0. The lowest BCUT2D eigenvalue weighted by molar-refractivity contribution is 0.0909. The molecule has 126 valence electrons. The molecule has 3 fully saturated rings. The van der Waals surface area contributed by atoms with E-state index in [0.29, 0.717) is 17.7 Å². The van der Waals surface area contributed by atoms with Gasteiger partial charge in [0, 0.05) is 18.8 Å². The zero-order valence-corrected chi connectivity index (χ0v) is 14.0. The summed E-state index contributed by atoms with van der Waals surface area (Å²) in [6.45, 7) is 4.21. The summed E-state index contributed by atoms with van der Waals surface area (Å²) < 4.78 is 1.96. The molecule has 2 N–H and O–H groups in total. The molecule has 1 aliphatic heterocycles. The molecule has 1 amide bonds. The van der Waals surface area contributed by atoms with Crippen molar-refractivity contribution < 1.29 is 4.79 Å². The molecular formula is C18H28N4O. The molecular weight excluding hydrogens is 288 g/mol. The van der Waals surface area contributed by atoms with Crippen LogP contribution in [-0.4, -0.2) is 34.8 Å². The van der Waals surface area contributed by atoms with Crippen molar-refractivity contribution in [2.75, 3.05) is 13.1 Å². The molecule has 2 bridgehead atoms. The standard InChI is InChI=1S/C18H28N4O/c1-12(16-10-13-4-5-14(16)9-13)20-18(23)17-6-8-22(21-17)15-3-2-7-19-11-15/h6,8,12-16,19H,2-5,7,9-11H2,1H3,(H,20,23). The molecule has 5 nitrogen and oxygen atoms in total. The monoisotopic (exact) mass is 316 g/mol. The lowest BCUT2D eigenvalue weighted by Gasteiger charge is -2.28. The Hall–Kier alpha value is -1.36. The number of hydrogen-bond donors (Lipinski definition) is 2. The minimum Gasteiger partial charge on any atom is -0.348 e. The maximum atomic E-state index is 12.5. The molecule has 1 saturated heterocycles. The molecule has 3 aliphatic rings. The number of nitrogens with one attached hydrogen (secondary N) is 2. The molecule has 23 heavy (non-hydrogen) atoms. The predicted octanol–water partition coefficient (Wildman–Crippen LogP) is 2.36. The second-order valence-electron chi connectivity index (χ2n) is 7.78. The molecule has 0 aromatic carbocycles. The zero-order chi connectivity index (χ0) is 15.8. The highest BCUT2D eigenvalue weighted by Crippen LogP contribution is 2.49. The number of piperidine rings is 1. The van der Waals surface area contributed by atoms with E-state index in [1.165, 1.54) is 32.1 Å². The largest absolute Gasteiger partial charge is 0.348 e. The molecule has 2 saturated carbocycles. The van der Waals surface area contributed by atoms with Crippen molar-refractivity contribution in [3.8, 4) is 0 Å². The lowest BCUT2D eigenvalue weighted by Crippen LogP contribution is -2.40. The van der Waals surface area contributed by atoms with Crippen molar-refractivity contribution >= 4 is 5.91 Å². The normalized spacial score (nSPS) is 34.5. The van der Waals surface area contributed by atoms with Gasteiger partial charge in [0.05, 0.1) is 6.04 Å². The van der Waals surface area contributed by atoms with Gasteiger partial charge in [-0.05, 0) is 69.4 Å². The third-order valence-electron chi connectivity index (χ3n) is 6.28. The van der Waals surface area contributed by atoms with Gasteiger partial charge in [-0.1, -0.05) is 6.42 Å². The average Bonchev–Trinajstić information content (AvgIpc) is 3.31. The average molecular weight is 316 g/mol. The van der Waals surface area contributed by atoms with E-state index in [9.17, 15) is 4.79 Å². The van der Waals surface area contributed by atoms with Crippen LogP contribution in [0, 0.1) is 17.8 Å². The minimum atomic E-state index is -0.0113. The summed E-state index contributed by atoms with van der Waals surface area (Å²) in [7, 11) is 0. The van der Waals surface area contributed by atoms with Gasteiger partial charge in [0.1, 0.15) is 5.69 Å². The van der Waals surface area contributed by atoms with Gasteiger partial charge in [-0.15, -0.1) is 0 Å². The molecule has 5 atom stereocenters. The van der Waals surface area contributed by atoms with Crippen LogP contribution in [0.5, 0.6) is 0 Å². The maximum Gasteiger partial charge on any atom is 0.271 e. The number of hydrogen-bond acceptors (Lipinski definition) is 3. The van der Waals surface area contributed by atoms with Crippen molar-refractivity contribution in [1.82, 2.24) is 20.4 Å². The molecule has 5 heteroatoms. The topological polar surface area (TPSA) is 59.0 Å². The fraction of sp³-hybridized carbons (Fsp3) is 0.778. The molecule has 0 spiro atoms. The van der Waals surface area contributed by atoms with Crippen molar-refractivity contribution in [2.24, 2.45) is 17.8 Å². The van der Waals surface area contributed by atoms with E-state index in [-0.39, 0.29) is 11.9 Å². The third kappa shape index (κ3) is 3.03. The number of carbonyl (C=O) groups excluding carboxylic acids is 1. The number of nitrogens with zero attached hydrogens (tertiary/aromatic N) is 2. The van der Waals surface area contributed by atoms with Gasteiger partial charge in [-0.25, -0.2) is 0 Å². The Kier molecular flexibility index (Phi) is 4.14. The Bertz CT molecular complexity index is 563. The fourth-order valence-corrected chi connectivity index (χ4v) is 5.02. The number of amides is 1. The van der Waals surface area contributed by atoms with Gasteiger partial charge in [-0.2, -0.15) is 5.10 Å². The first kappa shape index (κ1) is 15.2. The lowest BCUT2D eigenvalue weighted by atomic mass is 9.84. The van der Waals surface area contributed by atoms with E-state index in [4.69, 9.17) is 0 Å². The van der Waals surface area contributed by atoms with Crippen LogP contribution in [0.15, 0.2) is 12.3 Å². The summed E-state index contributed by atoms with van der Waals surface area (Å²) in [5.74, 6) is 2.41. The van der Waals surface area contributed by atoms with Crippen molar-refractivity contribution in [3.63, 3.8) is 0 Å². The van der Waals surface area contributed by atoms with E-state index in [0.717, 1.165) is 31.3 Å². The Morgan fingerprint density at radius 1 is 1.39 bits per heavy atom. The summed E-state index contributed by atoms with van der Waals surface area (Å²) in [5.41, 5.74) is 0.561. The van der Waals surface area contributed by atoms with Crippen LogP contribution in [0.25, 0.3) is 0 Å². The molecule has 0 radical (unpaired) electrons. The van der Waals surface area contributed by atoms with Crippen LogP contribution >= 0.6 is 0 Å². The van der Waals surface area contributed by atoms with Crippen LogP contribution in [-0.2, 0) is 0 Å². The van der Waals surface area contributed by atoms with E-state index in [1.54, 1.807) is 0 Å². The second-order valence-corrected chi connectivity index (χ2v) is 7.78. The first-order chi connectivity index (χ1) is 11.2. The van der Waals surface area contributed by atoms with Crippen molar-refractivity contribution in [1.29, 1.82) is 0 Å². The number of aromatic nitrogens is 2. The summed E-state index contributed by atoms with van der Waals surface area (Å²) in [5, 5.41) is 11.1.